The number of aromatic nitrogens is 2. The van der Waals surface area contributed by atoms with Crippen molar-refractivity contribution in [2.45, 2.75) is 0 Å². The molecule has 2 aromatic carbocycles. The third-order valence-electron chi connectivity index (χ3n) is 4.96. The van der Waals surface area contributed by atoms with Crippen LogP contribution in [-0.2, 0) is 23.7 Å². The lowest BCUT2D eigenvalue weighted by atomic mass is 10.1. The van der Waals surface area contributed by atoms with Gasteiger partial charge in [0.15, 0.2) is 0 Å². The van der Waals surface area contributed by atoms with E-state index in [-0.39, 0.29) is 16.9 Å². The molecule has 0 saturated carbocycles. The van der Waals surface area contributed by atoms with Gasteiger partial charge in [-0.05, 0) is 18.2 Å². The molecule has 0 aliphatic carbocycles. The number of nitro groups is 2. The van der Waals surface area contributed by atoms with Crippen LogP contribution in [0.1, 0.15) is 5.56 Å². The summed E-state index contributed by atoms with van der Waals surface area (Å²) in [6.07, 6.45) is 1.98. The van der Waals surface area contributed by atoms with Crippen LogP contribution < -0.4 is 21.9 Å². The van der Waals surface area contributed by atoms with Crippen molar-refractivity contribution < 1.29 is 19.4 Å². The van der Waals surface area contributed by atoms with E-state index in [1.54, 1.807) is 0 Å². The molecule has 1 aromatic heterocycles. The van der Waals surface area contributed by atoms with Crippen LogP contribution in [0.15, 0.2) is 69.9 Å². The van der Waals surface area contributed by atoms with E-state index in [2.05, 4.69) is 10.6 Å². The van der Waals surface area contributed by atoms with Gasteiger partial charge in [0, 0.05) is 32.4 Å². The normalized spacial score (nSPS) is 10.3. The van der Waals surface area contributed by atoms with Crippen molar-refractivity contribution in [1.82, 2.24) is 9.13 Å². The largest absolute Gasteiger partial charge is 0.330 e. The number of para-hydroxylation sites is 4. The summed E-state index contributed by atoms with van der Waals surface area (Å²) in [5.41, 5.74) is -3.80. The van der Waals surface area contributed by atoms with E-state index >= 15 is 0 Å². The highest BCUT2D eigenvalue weighted by molar-refractivity contribution is 6.29. The number of nitro benzene ring substituents is 2. The van der Waals surface area contributed by atoms with Crippen LogP contribution in [-0.4, -0.2) is 30.8 Å². The van der Waals surface area contributed by atoms with Crippen LogP contribution in [0.25, 0.3) is 6.08 Å². The van der Waals surface area contributed by atoms with Crippen LogP contribution in [0.4, 0.5) is 22.7 Å². The first-order valence-corrected chi connectivity index (χ1v) is 10.1. The molecule has 36 heavy (non-hydrogen) atoms. The van der Waals surface area contributed by atoms with Gasteiger partial charge in [-0.15, -0.1) is 0 Å². The molecule has 0 spiro atoms. The Morgan fingerprint density at radius 1 is 0.833 bits per heavy atom. The average Bonchev–Trinajstić information content (AvgIpc) is 2.84. The van der Waals surface area contributed by atoms with E-state index in [0.29, 0.717) is 0 Å². The minimum atomic E-state index is -1.14. The Labute approximate surface area is 201 Å². The standard InChI is InChI=1S/C22H18N6O8/c1-25-12-13(21(31)26(2)22(25)32)11-14(19(29)23-15-7-3-5-9-17(15)27(33)34)20(30)24-16-8-4-6-10-18(16)28(35)36/h3-12H,1-2H3,(H,23,29)(H,24,30). The molecule has 0 saturated heterocycles. The fourth-order valence-electron chi connectivity index (χ4n) is 3.18. The highest BCUT2D eigenvalue weighted by atomic mass is 16.6. The third kappa shape index (κ3) is 5.22. The number of hydrogen-bond acceptors (Lipinski definition) is 8. The lowest BCUT2D eigenvalue weighted by Gasteiger charge is -2.11. The summed E-state index contributed by atoms with van der Waals surface area (Å²) >= 11 is 0. The molecule has 0 aliphatic rings. The van der Waals surface area contributed by atoms with Gasteiger partial charge in [-0.2, -0.15) is 0 Å². The van der Waals surface area contributed by atoms with Crippen LogP contribution in [0.5, 0.6) is 0 Å². The molecule has 0 atom stereocenters. The molecule has 0 bridgehead atoms. The van der Waals surface area contributed by atoms with E-state index < -0.39 is 49.9 Å². The number of nitrogens with one attached hydrogen (secondary N) is 2. The molecule has 2 N–H and O–H groups in total. The molecule has 14 nitrogen and oxygen atoms in total. The topological polar surface area (TPSA) is 188 Å². The van der Waals surface area contributed by atoms with Gasteiger partial charge in [-0.1, -0.05) is 24.3 Å². The van der Waals surface area contributed by atoms with Crippen molar-refractivity contribution in [2.75, 3.05) is 10.6 Å². The molecule has 2 amide bonds. The molecule has 14 heteroatoms. The Bertz CT molecular complexity index is 1480. The molecule has 184 valence electrons. The number of amides is 2. The zero-order chi connectivity index (χ0) is 26.6. The number of rotatable bonds is 7. The summed E-state index contributed by atoms with van der Waals surface area (Å²) in [5, 5.41) is 27.1. The van der Waals surface area contributed by atoms with E-state index in [4.69, 9.17) is 0 Å². The van der Waals surface area contributed by atoms with E-state index in [9.17, 15) is 39.4 Å². The van der Waals surface area contributed by atoms with Crippen molar-refractivity contribution >= 4 is 40.6 Å². The van der Waals surface area contributed by atoms with Gasteiger partial charge < -0.3 is 15.2 Å². The molecule has 3 aromatic rings. The fourth-order valence-corrected chi connectivity index (χ4v) is 3.18. The second kappa shape index (κ2) is 10.3. The minimum absolute atomic E-state index is 0.231. The third-order valence-corrected chi connectivity index (χ3v) is 4.96. The molecule has 0 unspecified atom stereocenters. The summed E-state index contributed by atoms with van der Waals surface area (Å²) in [6.45, 7) is 0. The second-order valence-electron chi connectivity index (χ2n) is 7.36. The Balaban J connectivity index is 2.12. The number of carbonyl (C=O) groups is 2. The van der Waals surface area contributed by atoms with Crippen LogP contribution >= 0.6 is 0 Å². The second-order valence-corrected chi connectivity index (χ2v) is 7.36. The van der Waals surface area contributed by atoms with Gasteiger partial charge in [0.25, 0.3) is 28.7 Å². The summed E-state index contributed by atoms with van der Waals surface area (Å²) < 4.78 is 1.80. The number of nitrogens with zero attached hydrogens (tertiary/aromatic N) is 4. The van der Waals surface area contributed by atoms with Crippen molar-refractivity contribution in [1.29, 1.82) is 0 Å². The van der Waals surface area contributed by atoms with E-state index in [1.807, 2.05) is 0 Å². The SMILES string of the molecule is Cn1cc(C=C(C(=O)Nc2ccccc2[N+](=O)[O-])C(=O)Nc2ccccc2[N+](=O)[O-])c(=O)n(C)c1=O. The lowest BCUT2D eigenvalue weighted by Crippen LogP contribution is -2.38. The smallest absolute Gasteiger partial charge is 0.316 e. The molecular formula is C22H18N6O8. The quantitative estimate of drug-likeness (QED) is 0.163. The van der Waals surface area contributed by atoms with Crippen molar-refractivity contribution in [2.24, 2.45) is 14.1 Å². The van der Waals surface area contributed by atoms with Gasteiger partial charge in [0.05, 0.1) is 15.4 Å². The van der Waals surface area contributed by atoms with E-state index in [1.165, 1.54) is 50.5 Å². The Morgan fingerprint density at radius 2 is 1.28 bits per heavy atom. The first kappa shape index (κ1) is 25.2. The first-order chi connectivity index (χ1) is 17.0. The Kier molecular flexibility index (Phi) is 7.18. The van der Waals surface area contributed by atoms with Gasteiger partial charge in [0.2, 0.25) is 0 Å². The average molecular weight is 494 g/mol. The number of aryl methyl sites for hydroxylation is 1. The van der Waals surface area contributed by atoms with Crippen LogP contribution in [0.2, 0.25) is 0 Å². The van der Waals surface area contributed by atoms with E-state index in [0.717, 1.165) is 33.5 Å². The summed E-state index contributed by atoms with van der Waals surface area (Å²) in [4.78, 5) is 72.0. The maximum Gasteiger partial charge on any atom is 0.330 e. The van der Waals surface area contributed by atoms with Crippen LogP contribution in [0, 0.1) is 20.2 Å². The fraction of sp³-hybridized carbons (Fsp3) is 0.0909. The monoisotopic (exact) mass is 494 g/mol. The number of anilines is 2. The molecule has 0 aliphatic heterocycles. The first-order valence-electron chi connectivity index (χ1n) is 10.1. The predicted octanol–water partition coefficient (Wildman–Crippen LogP) is 1.56. The van der Waals surface area contributed by atoms with Gasteiger partial charge in [0.1, 0.15) is 16.9 Å². The highest BCUT2D eigenvalue weighted by Gasteiger charge is 2.25. The highest BCUT2D eigenvalue weighted by Crippen LogP contribution is 2.26. The number of carbonyl (C=O) groups excluding carboxylic acids is 2. The van der Waals surface area contributed by atoms with Crippen molar-refractivity contribution in [3.05, 3.63) is 107 Å². The number of benzene rings is 2. The molecule has 3 rings (SSSR count). The summed E-state index contributed by atoms with van der Waals surface area (Å²) in [5.74, 6) is -2.28. The predicted molar refractivity (Wildman–Crippen MR) is 128 cm³/mol. The zero-order valence-corrected chi connectivity index (χ0v) is 18.8. The molecule has 0 fully saturated rings. The van der Waals surface area contributed by atoms with Crippen molar-refractivity contribution in [3.63, 3.8) is 0 Å². The zero-order valence-electron chi connectivity index (χ0n) is 18.8. The molecule has 0 radical (unpaired) electrons. The van der Waals surface area contributed by atoms with Crippen molar-refractivity contribution in [3.8, 4) is 0 Å². The van der Waals surface area contributed by atoms with Gasteiger partial charge >= 0.3 is 5.69 Å². The maximum atomic E-state index is 13.1. The van der Waals surface area contributed by atoms with Gasteiger partial charge in [-0.3, -0.25) is 39.2 Å². The van der Waals surface area contributed by atoms with Crippen LogP contribution in [0.3, 0.4) is 0 Å². The Hall–Kier alpha value is -5.40. The molecule has 1 heterocycles. The maximum absolute atomic E-state index is 13.1. The summed E-state index contributed by atoms with van der Waals surface area (Å²) in [7, 11) is 2.54. The lowest BCUT2D eigenvalue weighted by molar-refractivity contribution is -0.384. The minimum Gasteiger partial charge on any atom is -0.316 e. The number of hydrogen-bond donors (Lipinski definition) is 2. The summed E-state index contributed by atoms with van der Waals surface area (Å²) in [6, 6.07) is 10.3. The Morgan fingerprint density at radius 3 is 1.72 bits per heavy atom. The molecular weight excluding hydrogens is 476 g/mol. The van der Waals surface area contributed by atoms with Gasteiger partial charge in [-0.25, -0.2) is 4.79 Å².